The lowest BCUT2D eigenvalue weighted by molar-refractivity contribution is 0.590. The quantitative estimate of drug-likeness (QED) is 0.146. The second-order valence-electron chi connectivity index (χ2n) is 36.8. The first-order valence-electron chi connectivity index (χ1n) is 35.7. The predicted octanol–water partition coefficient (Wildman–Crippen LogP) is 26.7. The molecule has 0 unspecified atom stereocenters. The summed E-state index contributed by atoms with van der Waals surface area (Å²) >= 11 is 4.92. The largest absolute Gasteiger partial charge is 0.342 e. The van der Waals surface area contributed by atoms with Crippen molar-refractivity contribution in [3.05, 3.63) is 219 Å². The van der Waals surface area contributed by atoms with Gasteiger partial charge in [-0.25, -0.2) is 0 Å². The van der Waals surface area contributed by atoms with E-state index in [1.807, 2.05) is 0 Å². The van der Waals surface area contributed by atoms with Crippen LogP contribution in [0.2, 0.25) is 0 Å². The van der Waals surface area contributed by atoms with Crippen LogP contribution >= 0.6 is 15.9 Å². The third-order valence-electron chi connectivity index (χ3n) is 21.3. The maximum atomic E-state index is 5.06. The molecule has 13 aromatic rings. The number of aromatic nitrogens is 4. The summed E-state index contributed by atoms with van der Waals surface area (Å²) in [6, 6.07) is 58.5. The Balaban J connectivity index is 1.42. The van der Waals surface area contributed by atoms with Gasteiger partial charge in [0, 0.05) is 55.8 Å². The molecule has 0 bridgehead atoms. The molecule has 0 fully saturated rings. The summed E-state index contributed by atoms with van der Waals surface area (Å²) in [5.74, 6) is 0. The minimum Gasteiger partial charge on any atom is -0.342 e. The van der Waals surface area contributed by atoms with Gasteiger partial charge in [0.15, 0.2) is 0 Å². The van der Waals surface area contributed by atoms with Crippen molar-refractivity contribution in [2.75, 3.05) is 11.9 Å². The Bertz CT molecular complexity index is 5220. The molecular formula is C92H106BrN5. The molecule has 0 aliphatic heterocycles. The Labute approximate surface area is 593 Å². The van der Waals surface area contributed by atoms with Crippen molar-refractivity contribution in [1.29, 1.82) is 0 Å². The highest BCUT2D eigenvalue weighted by molar-refractivity contribution is 9.10. The fourth-order valence-corrected chi connectivity index (χ4v) is 15.8. The van der Waals surface area contributed by atoms with Crippen LogP contribution < -0.4 is 4.90 Å². The van der Waals surface area contributed by atoms with Gasteiger partial charge in [0.05, 0.1) is 77.0 Å². The van der Waals surface area contributed by atoms with Gasteiger partial charge in [0.2, 0.25) is 0 Å². The van der Waals surface area contributed by atoms with Crippen LogP contribution in [-0.4, -0.2) is 25.3 Å². The van der Waals surface area contributed by atoms with Gasteiger partial charge in [-0.3, -0.25) is 0 Å². The minimum absolute atomic E-state index is 0.113. The molecule has 0 aliphatic carbocycles. The monoisotopic (exact) mass is 1360 g/mol. The van der Waals surface area contributed by atoms with Gasteiger partial charge in [-0.1, -0.05) is 227 Å². The highest BCUT2D eigenvalue weighted by atomic mass is 79.9. The number of hydrogen-bond donors (Lipinski definition) is 0. The Morgan fingerprint density at radius 3 is 0.673 bits per heavy atom. The minimum atomic E-state index is -0.129. The zero-order valence-electron chi connectivity index (χ0n) is 63.8. The van der Waals surface area contributed by atoms with Gasteiger partial charge in [-0.2, -0.15) is 0 Å². The lowest BCUT2D eigenvalue weighted by atomic mass is 9.85. The maximum Gasteiger partial charge on any atom is 0.0987 e. The molecule has 4 aromatic heterocycles. The summed E-state index contributed by atoms with van der Waals surface area (Å²) in [5, 5.41) is 9.73. The topological polar surface area (TPSA) is 23.0 Å². The van der Waals surface area contributed by atoms with Gasteiger partial charge < -0.3 is 23.2 Å². The molecule has 0 radical (unpaired) electrons. The van der Waals surface area contributed by atoms with E-state index in [2.05, 4.69) is 361 Å². The van der Waals surface area contributed by atoms with E-state index in [1.165, 1.54) is 87.6 Å². The fraction of sp³-hybridized carbons (Fsp3) is 0.370. The van der Waals surface area contributed by atoms with Crippen molar-refractivity contribution >= 4 is 109 Å². The molecule has 6 heteroatoms. The average molecular weight is 1360 g/mol. The smallest absolute Gasteiger partial charge is 0.0987 e. The van der Waals surface area contributed by atoms with Crippen LogP contribution in [0.15, 0.2) is 174 Å². The van der Waals surface area contributed by atoms with Crippen LogP contribution in [0.5, 0.6) is 0 Å². The second kappa shape index (κ2) is 22.7. The molecule has 9 aromatic carbocycles. The first-order chi connectivity index (χ1) is 45.4. The lowest BCUT2D eigenvalue weighted by Gasteiger charge is -2.33. The Morgan fingerprint density at radius 2 is 0.480 bits per heavy atom. The number of allylic oxidation sites excluding steroid dienone is 2. The highest BCUT2D eigenvalue weighted by Crippen LogP contribution is 2.55. The van der Waals surface area contributed by atoms with Crippen molar-refractivity contribution < 1.29 is 0 Å². The van der Waals surface area contributed by atoms with E-state index in [4.69, 9.17) is 22.5 Å². The summed E-state index contributed by atoms with van der Waals surface area (Å²) in [7, 11) is 2.26. The zero-order chi connectivity index (χ0) is 71.2. The molecule has 98 heavy (non-hydrogen) atoms. The molecule has 0 spiro atoms. The summed E-state index contributed by atoms with van der Waals surface area (Å²) in [6.07, 6.45) is 4.31. The second-order valence-corrected chi connectivity index (χ2v) is 37.6. The third kappa shape index (κ3) is 11.3. The predicted molar refractivity (Wildman–Crippen MR) is 433 cm³/mol. The third-order valence-corrected chi connectivity index (χ3v) is 22.1. The summed E-state index contributed by atoms with van der Waals surface area (Å²) < 4.78 is 11.6. The molecule has 506 valence electrons. The van der Waals surface area contributed by atoms with Crippen LogP contribution in [0.25, 0.3) is 110 Å². The molecule has 0 N–H and O–H groups in total. The SMILES string of the molecule is C=C(/C=C\C)N(C)c1c(-n2c3ccc(C(C)(C)C)cc3c3cc(C(C)(C)C)ccc32)c(Br)c(-n2c3ccc(C(C)(C)C)cc3c3cc(C(C)(C)C)ccc32)c(-n2c3ccc(C(C)(C)C)cc3c3cc(C(C)(C)C)ccc32)c1-n1c2ccc(C(C)(C)C)cc2c2cc(C(C)(C)C)ccc21. The first-order valence-corrected chi connectivity index (χ1v) is 36.5. The molecule has 5 nitrogen and oxygen atoms in total. The van der Waals surface area contributed by atoms with Gasteiger partial charge in [-0.15, -0.1) is 0 Å². The number of halogens is 1. The van der Waals surface area contributed by atoms with Gasteiger partial charge >= 0.3 is 0 Å². The number of benzene rings is 9. The average Bonchev–Trinajstić information content (AvgIpc) is 1.48. The molecule has 0 amide bonds. The van der Waals surface area contributed by atoms with Crippen LogP contribution in [0.1, 0.15) is 218 Å². The highest BCUT2D eigenvalue weighted by Gasteiger charge is 2.38. The normalized spacial score (nSPS) is 13.7. The van der Waals surface area contributed by atoms with Gasteiger partial charge in [0.1, 0.15) is 0 Å². The molecule has 0 atom stereocenters. The summed E-state index contributed by atoms with van der Waals surface area (Å²) in [5.41, 5.74) is 24.3. The van der Waals surface area contributed by atoms with Crippen molar-refractivity contribution in [3.8, 4) is 22.7 Å². The van der Waals surface area contributed by atoms with E-state index in [1.54, 1.807) is 0 Å². The molecular weight excluding hydrogens is 1250 g/mol. The number of anilines is 1. The van der Waals surface area contributed by atoms with E-state index in [0.717, 1.165) is 82.7 Å². The number of fused-ring (bicyclic) bond motifs is 12. The van der Waals surface area contributed by atoms with E-state index in [9.17, 15) is 0 Å². The van der Waals surface area contributed by atoms with Crippen LogP contribution in [0, 0.1) is 0 Å². The molecule has 13 rings (SSSR count). The first kappa shape index (κ1) is 68.5. The summed E-state index contributed by atoms with van der Waals surface area (Å²) in [4.78, 5) is 2.40. The van der Waals surface area contributed by atoms with E-state index in [0.29, 0.717) is 0 Å². The maximum absolute atomic E-state index is 5.06. The Hall–Kier alpha value is -8.06. The number of likely N-dealkylation sites (N-methyl/N-ethyl adjacent to an activating group) is 1. The van der Waals surface area contributed by atoms with E-state index >= 15 is 0 Å². The number of hydrogen-bond acceptors (Lipinski definition) is 1. The van der Waals surface area contributed by atoms with Crippen LogP contribution in [0.4, 0.5) is 5.69 Å². The standard InChI is InChI=1S/C92H106BrN5/c1-28-29-54(2)94(27)82-80(95-71-38-30-55(85(3,4)5)46-63(71)64-47-56(86(6,7)8)31-39-72(64)95)79(93)81(96-73-40-32-57(87(9,10)11)48-65(73)66-49-58(88(12,13)14)33-41-74(66)96)83(97-75-42-34-59(89(15,16)17)50-67(75)68-51-60(90(18,19)20)35-43-76(68)97)84(82)98-77-44-36-61(91(21,22)23)52-69(77)70-53-62(92(24,25)26)37-45-78(70)98/h28-53H,2H2,1,3-27H3/b29-28-. The van der Waals surface area contributed by atoms with Crippen molar-refractivity contribution in [2.24, 2.45) is 0 Å². The fourth-order valence-electron chi connectivity index (χ4n) is 15.0. The zero-order valence-corrected chi connectivity index (χ0v) is 65.4. The molecule has 0 aliphatic rings. The van der Waals surface area contributed by atoms with Gasteiger partial charge in [0.25, 0.3) is 0 Å². The molecule has 4 heterocycles. The summed E-state index contributed by atoms with van der Waals surface area (Å²) in [6.45, 7) is 63.4. The number of rotatable bonds is 7. The molecule has 0 saturated carbocycles. The van der Waals surface area contributed by atoms with Gasteiger partial charge in [-0.05, 0) is 214 Å². The Kier molecular flexibility index (Phi) is 15.9. The van der Waals surface area contributed by atoms with Crippen LogP contribution in [0.3, 0.4) is 0 Å². The Morgan fingerprint density at radius 1 is 0.296 bits per heavy atom. The van der Waals surface area contributed by atoms with E-state index < -0.39 is 0 Å². The van der Waals surface area contributed by atoms with E-state index in [-0.39, 0.29) is 43.3 Å². The lowest BCUT2D eigenvalue weighted by Crippen LogP contribution is -2.23. The van der Waals surface area contributed by atoms with Crippen molar-refractivity contribution in [1.82, 2.24) is 18.3 Å². The van der Waals surface area contributed by atoms with Crippen LogP contribution in [-0.2, 0) is 43.3 Å². The number of nitrogens with zero attached hydrogens (tertiary/aromatic N) is 5. The van der Waals surface area contributed by atoms with Crippen molar-refractivity contribution in [2.45, 2.75) is 216 Å². The van der Waals surface area contributed by atoms with Crippen molar-refractivity contribution in [3.63, 3.8) is 0 Å². The molecule has 0 saturated heterocycles.